The van der Waals surface area contributed by atoms with Crippen molar-refractivity contribution in [1.82, 2.24) is 4.90 Å². The zero-order valence-electron chi connectivity index (χ0n) is 7.20. The number of likely N-dealkylation sites (N-methyl/N-ethyl adjacent to an activating group) is 1. The first-order valence-electron chi connectivity index (χ1n) is 3.49. The fourth-order valence-electron chi connectivity index (χ4n) is 0.594. The summed E-state index contributed by atoms with van der Waals surface area (Å²) in [5, 5.41) is 8.72. The van der Waals surface area contributed by atoms with Crippen molar-refractivity contribution in [1.29, 1.82) is 0 Å². The highest BCUT2D eigenvalue weighted by Crippen LogP contribution is 1.99. The Morgan fingerprint density at radius 2 is 2.27 bits per heavy atom. The standard InChI is InChI=1S/C7H15NO2S/c1-6(4-9)8(2)7(10)5-11-3/h6,9H,4-5H2,1-3H3. The van der Waals surface area contributed by atoms with Gasteiger partial charge in [0.25, 0.3) is 0 Å². The summed E-state index contributed by atoms with van der Waals surface area (Å²) in [6, 6.07) is -0.0744. The minimum absolute atomic E-state index is 0.0244. The lowest BCUT2D eigenvalue weighted by atomic mass is 10.3. The van der Waals surface area contributed by atoms with E-state index in [1.807, 2.05) is 13.2 Å². The van der Waals surface area contributed by atoms with Gasteiger partial charge in [0.1, 0.15) is 0 Å². The Morgan fingerprint density at radius 3 is 2.64 bits per heavy atom. The Bertz CT molecular complexity index is 130. The van der Waals surface area contributed by atoms with Gasteiger partial charge >= 0.3 is 0 Å². The Morgan fingerprint density at radius 1 is 1.73 bits per heavy atom. The van der Waals surface area contributed by atoms with Crippen molar-refractivity contribution >= 4 is 17.7 Å². The van der Waals surface area contributed by atoms with Gasteiger partial charge in [-0.1, -0.05) is 0 Å². The molecular weight excluding hydrogens is 162 g/mol. The minimum Gasteiger partial charge on any atom is -0.394 e. The molecule has 0 aliphatic rings. The molecule has 0 fully saturated rings. The number of hydrogen-bond donors (Lipinski definition) is 1. The first-order chi connectivity index (χ1) is 5.13. The Balaban J connectivity index is 3.80. The first kappa shape index (κ1) is 10.8. The third-order valence-corrected chi connectivity index (χ3v) is 2.12. The lowest BCUT2D eigenvalue weighted by Gasteiger charge is -2.22. The molecule has 1 atom stereocenters. The average Bonchev–Trinajstić information content (AvgIpc) is 2.02. The SMILES string of the molecule is CSCC(=O)N(C)C(C)CO. The molecule has 0 bridgehead atoms. The quantitative estimate of drug-likeness (QED) is 0.666. The maximum atomic E-state index is 11.1. The number of rotatable bonds is 4. The molecule has 0 heterocycles. The van der Waals surface area contributed by atoms with Crippen LogP contribution in [-0.4, -0.2) is 47.6 Å². The molecule has 0 saturated carbocycles. The fraction of sp³-hybridized carbons (Fsp3) is 0.857. The second-order valence-electron chi connectivity index (χ2n) is 2.47. The molecule has 1 N–H and O–H groups in total. The summed E-state index contributed by atoms with van der Waals surface area (Å²) in [5.74, 6) is 0.556. The van der Waals surface area contributed by atoms with Crippen LogP contribution >= 0.6 is 11.8 Å². The van der Waals surface area contributed by atoms with Crippen LogP contribution in [0.3, 0.4) is 0 Å². The number of amides is 1. The van der Waals surface area contributed by atoms with E-state index in [1.54, 1.807) is 11.9 Å². The van der Waals surface area contributed by atoms with Gasteiger partial charge in [-0.3, -0.25) is 4.79 Å². The van der Waals surface area contributed by atoms with Crippen LogP contribution in [0.2, 0.25) is 0 Å². The Labute approximate surface area is 71.8 Å². The lowest BCUT2D eigenvalue weighted by Crippen LogP contribution is -2.38. The number of nitrogens with zero attached hydrogens (tertiary/aromatic N) is 1. The highest BCUT2D eigenvalue weighted by molar-refractivity contribution is 7.99. The molecular formula is C7H15NO2S. The van der Waals surface area contributed by atoms with Gasteiger partial charge < -0.3 is 10.0 Å². The van der Waals surface area contributed by atoms with Gasteiger partial charge in [-0.2, -0.15) is 11.8 Å². The van der Waals surface area contributed by atoms with Crippen LogP contribution in [0.25, 0.3) is 0 Å². The highest BCUT2D eigenvalue weighted by atomic mass is 32.2. The molecule has 0 rings (SSSR count). The number of carbonyl (C=O) groups excluding carboxylic acids is 1. The van der Waals surface area contributed by atoms with E-state index in [4.69, 9.17) is 5.11 Å². The van der Waals surface area contributed by atoms with E-state index in [1.165, 1.54) is 11.8 Å². The molecule has 0 aromatic rings. The fourth-order valence-corrected chi connectivity index (χ4v) is 1.04. The Kier molecular flexibility index (Phi) is 5.32. The van der Waals surface area contributed by atoms with Crippen molar-refractivity contribution in [2.24, 2.45) is 0 Å². The van der Waals surface area contributed by atoms with Gasteiger partial charge in [0, 0.05) is 7.05 Å². The van der Waals surface area contributed by atoms with Crippen LogP contribution in [0.5, 0.6) is 0 Å². The van der Waals surface area contributed by atoms with E-state index in [0.717, 1.165) is 0 Å². The van der Waals surface area contributed by atoms with E-state index in [9.17, 15) is 4.79 Å². The van der Waals surface area contributed by atoms with Crippen LogP contribution < -0.4 is 0 Å². The van der Waals surface area contributed by atoms with Gasteiger partial charge in [0.05, 0.1) is 18.4 Å². The first-order valence-corrected chi connectivity index (χ1v) is 4.88. The highest BCUT2D eigenvalue weighted by Gasteiger charge is 2.13. The number of aliphatic hydroxyl groups excluding tert-OH is 1. The molecule has 3 nitrogen and oxygen atoms in total. The monoisotopic (exact) mass is 177 g/mol. The maximum absolute atomic E-state index is 11.1. The predicted molar refractivity (Wildman–Crippen MR) is 47.7 cm³/mol. The lowest BCUT2D eigenvalue weighted by molar-refractivity contribution is -0.129. The summed E-state index contributed by atoms with van der Waals surface area (Å²) in [5.41, 5.74) is 0. The molecule has 0 aliphatic heterocycles. The number of aliphatic hydroxyl groups is 1. The Hall–Kier alpha value is -0.220. The van der Waals surface area contributed by atoms with Gasteiger partial charge in [0.2, 0.25) is 5.91 Å². The summed E-state index contributed by atoms with van der Waals surface area (Å²) in [4.78, 5) is 12.7. The van der Waals surface area contributed by atoms with E-state index in [2.05, 4.69) is 0 Å². The van der Waals surface area contributed by atoms with Crippen molar-refractivity contribution in [2.45, 2.75) is 13.0 Å². The molecule has 66 valence electrons. The molecule has 4 heteroatoms. The summed E-state index contributed by atoms with van der Waals surface area (Å²) in [6.45, 7) is 1.84. The number of carbonyl (C=O) groups is 1. The third kappa shape index (κ3) is 3.62. The van der Waals surface area contributed by atoms with Crippen molar-refractivity contribution in [3.63, 3.8) is 0 Å². The summed E-state index contributed by atoms with van der Waals surface area (Å²) in [6.07, 6.45) is 1.88. The summed E-state index contributed by atoms with van der Waals surface area (Å²) >= 11 is 1.49. The van der Waals surface area contributed by atoms with E-state index < -0.39 is 0 Å². The number of thioether (sulfide) groups is 1. The smallest absolute Gasteiger partial charge is 0.232 e. The zero-order valence-corrected chi connectivity index (χ0v) is 8.02. The van der Waals surface area contributed by atoms with Crippen LogP contribution in [0.15, 0.2) is 0 Å². The molecule has 0 radical (unpaired) electrons. The maximum Gasteiger partial charge on any atom is 0.232 e. The molecule has 0 spiro atoms. The normalized spacial score (nSPS) is 12.7. The molecule has 1 unspecified atom stereocenters. The summed E-state index contributed by atoms with van der Waals surface area (Å²) < 4.78 is 0. The minimum atomic E-state index is -0.0744. The molecule has 0 saturated heterocycles. The van der Waals surface area contributed by atoms with E-state index >= 15 is 0 Å². The summed E-state index contributed by atoms with van der Waals surface area (Å²) in [7, 11) is 1.71. The molecule has 0 aromatic carbocycles. The van der Waals surface area contributed by atoms with Crippen molar-refractivity contribution in [2.75, 3.05) is 25.7 Å². The molecule has 1 amide bonds. The van der Waals surface area contributed by atoms with Crippen molar-refractivity contribution in [3.05, 3.63) is 0 Å². The second kappa shape index (κ2) is 5.43. The van der Waals surface area contributed by atoms with Crippen molar-refractivity contribution < 1.29 is 9.90 Å². The van der Waals surface area contributed by atoms with Crippen LogP contribution in [0.4, 0.5) is 0 Å². The largest absolute Gasteiger partial charge is 0.394 e. The second-order valence-corrected chi connectivity index (χ2v) is 3.34. The molecule has 0 aromatic heterocycles. The van der Waals surface area contributed by atoms with Crippen LogP contribution in [0, 0.1) is 0 Å². The van der Waals surface area contributed by atoms with Crippen LogP contribution in [0.1, 0.15) is 6.92 Å². The van der Waals surface area contributed by atoms with Gasteiger partial charge in [-0.05, 0) is 13.2 Å². The van der Waals surface area contributed by atoms with Gasteiger partial charge in [-0.15, -0.1) is 0 Å². The average molecular weight is 177 g/mol. The number of hydrogen-bond acceptors (Lipinski definition) is 3. The van der Waals surface area contributed by atoms with E-state index in [-0.39, 0.29) is 18.6 Å². The zero-order chi connectivity index (χ0) is 8.85. The van der Waals surface area contributed by atoms with Crippen molar-refractivity contribution in [3.8, 4) is 0 Å². The molecule has 11 heavy (non-hydrogen) atoms. The third-order valence-electron chi connectivity index (χ3n) is 1.59. The topological polar surface area (TPSA) is 40.5 Å². The van der Waals surface area contributed by atoms with E-state index in [0.29, 0.717) is 5.75 Å². The van der Waals surface area contributed by atoms with Gasteiger partial charge in [0.15, 0.2) is 0 Å². The predicted octanol–water partition coefficient (Wildman–Crippen LogP) is 0.189. The van der Waals surface area contributed by atoms with Crippen LogP contribution in [-0.2, 0) is 4.79 Å². The molecule has 0 aliphatic carbocycles. The van der Waals surface area contributed by atoms with Gasteiger partial charge in [-0.25, -0.2) is 0 Å².